The van der Waals surface area contributed by atoms with E-state index in [9.17, 15) is 13.2 Å². The van der Waals surface area contributed by atoms with Crippen LogP contribution in [0.25, 0.3) is 10.8 Å². The zero-order valence-electron chi connectivity index (χ0n) is 11.2. The van der Waals surface area contributed by atoms with E-state index in [1.54, 1.807) is 24.3 Å². The molecular formula is C13H12NaO5S+. The van der Waals surface area contributed by atoms with Crippen LogP contribution in [0.1, 0.15) is 12.5 Å². The van der Waals surface area contributed by atoms with Crippen molar-refractivity contribution in [1.82, 2.24) is 0 Å². The largest absolute Gasteiger partial charge is 1.00 e. The minimum absolute atomic E-state index is 0. The van der Waals surface area contributed by atoms with Crippen molar-refractivity contribution < 1.29 is 52.1 Å². The van der Waals surface area contributed by atoms with E-state index in [0.717, 1.165) is 5.39 Å². The Morgan fingerprint density at radius 1 is 1.20 bits per heavy atom. The van der Waals surface area contributed by atoms with E-state index < -0.39 is 21.8 Å². The van der Waals surface area contributed by atoms with Gasteiger partial charge in [-0.2, -0.15) is 8.42 Å². The zero-order valence-corrected chi connectivity index (χ0v) is 14.0. The molecular weight excluding hydrogens is 291 g/mol. The first-order valence-corrected chi connectivity index (χ1v) is 7.12. The van der Waals surface area contributed by atoms with E-state index in [2.05, 4.69) is 0 Å². The first-order valence-electron chi connectivity index (χ1n) is 5.51. The molecule has 2 aromatic carbocycles. The van der Waals surface area contributed by atoms with Gasteiger partial charge in [0.05, 0.1) is 0 Å². The Balaban J connectivity index is 0.00000200. The molecule has 0 aromatic heterocycles. The zero-order chi connectivity index (χ0) is 14.0. The molecule has 0 spiro atoms. The molecule has 0 unspecified atom stereocenters. The van der Waals surface area contributed by atoms with Gasteiger partial charge in [-0.25, -0.2) is 0 Å². The van der Waals surface area contributed by atoms with Crippen molar-refractivity contribution in [1.29, 1.82) is 0 Å². The van der Waals surface area contributed by atoms with Crippen LogP contribution in [0.2, 0.25) is 0 Å². The summed E-state index contributed by atoms with van der Waals surface area (Å²) in [7, 11) is -4.22. The molecule has 0 atom stereocenters. The van der Waals surface area contributed by atoms with Gasteiger partial charge in [0.15, 0.2) is 0 Å². The maximum Gasteiger partial charge on any atom is 1.00 e. The predicted molar refractivity (Wildman–Crippen MR) is 70.5 cm³/mol. The van der Waals surface area contributed by atoms with Crippen LogP contribution in [0, 0.1) is 0 Å². The second kappa shape index (κ2) is 6.69. The summed E-state index contributed by atoms with van der Waals surface area (Å²) in [5, 5.41) is 1.43. The summed E-state index contributed by atoms with van der Waals surface area (Å²) in [6, 6.07) is 10.3. The van der Waals surface area contributed by atoms with E-state index in [0.29, 0.717) is 5.39 Å². The van der Waals surface area contributed by atoms with Crippen LogP contribution in [0.5, 0.6) is 5.75 Å². The topological polar surface area (TPSA) is 80.7 Å². The molecule has 0 aliphatic heterocycles. The van der Waals surface area contributed by atoms with Crippen LogP contribution in [0.4, 0.5) is 0 Å². The third-order valence-corrected chi connectivity index (χ3v) is 3.23. The minimum atomic E-state index is -4.22. The number of ether oxygens (including phenoxy) is 1. The van der Waals surface area contributed by atoms with Crippen molar-refractivity contribution in [2.75, 3.05) is 0 Å². The number of carbonyl (C=O) groups excluding carboxylic acids is 1. The molecule has 0 saturated carbocycles. The molecule has 20 heavy (non-hydrogen) atoms. The number of fused-ring (bicyclic) bond motifs is 1. The fraction of sp³-hybridized carbons (Fsp3) is 0.154. The van der Waals surface area contributed by atoms with Crippen molar-refractivity contribution in [3.05, 3.63) is 42.0 Å². The Labute approximate surface area is 139 Å². The van der Waals surface area contributed by atoms with Crippen LogP contribution >= 0.6 is 0 Å². The number of rotatable bonds is 3. The van der Waals surface area contributed by atoms with Gasteiger partial charge in [-0.15, -0.1) is 0 Å². The molecule has 5 nitrogen and oxygen atoms in total. The van der Waals surface area contributed by atoms with Crippen molar-refractivity contribution in [2.45, 2.75) is 12.7 Å². The average molecular weight is 303 g/mol. The molecule has 2 aromatic rings. The van der Waals surface area contributed by atoms with E-state index in [1.807, 2.05) is 6.07 Å². The van der Waals surface area contributed by atoms with Crippen LogP contribution in [0.15, 0.2) is 36.4 Å². The van der Waals surface area contributed by atoms with Gasteiger partial charge >= 0.3 is 35.5 Å². The molecule has 2 rings (SSSR count). The molecule has 0 aliphatic carbocycles. The summed E-state index contributed by atoms with van der Waals surface area (Å²) in [5.41, 5.74) is 0.274. The average Bonchev–Trinajstić information content (AvgIpc) is 2.30. The number of benzene rings is 2. The van der Waals surface area contributed by atoms with Crippen LogP contribution < -0.4 is 34.3 Å². The molecule has 0 radical (unpaired) electrons. The first kappa shape index (κ1) is 17.1. The van der Waals surface area contributed by atoms with Crippen LogP contribution in [-0.2, 0) is 20.7 Å². The van der Waals surface area contributed by atoms with Gasteiger partial charge in [0.2, 0.25) is 0 Å². The molecule has 100 valence electrons. The molecule has 1 N–H and O–H groups in total. The predicted octanol–water partition coefficient (Wildman–Crippen LogP) is -0.843. The smallest absolute Gasteiger partial charge is 0.426 e. The third kappa shape index (κ3) is 4.29. The summed E-state index contributed by atoms with van der Waals surface area (Å²) in [4.78, 5) is 11.0. The third-order valence-electron chi connectivity index (χ3n) is 2.58. The number of hydrogen-bond acceptors (Lipinski definition) is 4. The molecule has 0 fully saturated rings. The van der Waals surface area contributed by atoms with Crippen molar-refractivity contribution >= 4 is 26.9 Å². The maximum atomic E-state index is 11.1. The quantitative estimate of drug-likeness (QED) is 0.346. The van der Waals surface area contributed by atoms with E-state index in [1.165, 1.54) is 13.0 Å². The van der Waals surface area contributed by atoms with Gasteiger partial charge in [0, 0.05) is 12.5 Å². The summed E-state index contributed by atoms with van der Waals surface area (Å²) >= 11 is 0. The van der Waals surface area contributed by atoms with E-state index in [-0.39, 0.29) is 40.9 Å². The Bertz CT molecular complexity index is 740. The Morgan fingerprint density at radius 3 is 2.45 bits per heavy atom. The number of carbonyl (C=O) groups is 1. The molecule has 0 aliphatic rings. The Morgan fingerprint density at radius 2 is 1.85 bits per heavy atom. The summed E-state index contributed by atoms with van der Waals surface area (Å²) in [5.74, 6) is -1.01. The maximum absolute atomic E-state index is 11.1. The van der Waals surface area contributed by atoms with Gasteiger partial charge in [0.25, 0.3) is 10.1 Å². The molecule has 0 saturated heterocycles. The van der Waals surface area contributed by atoms with Gasteiger partial charge in [0.1, 0.15) is 11.5 Å². The van der Waals surface area contributed by atoms with E-state index >= 15 is 0 Å². The Hall–Kier alpha value is -0.920. The van der Waals surface area contributed by atoms with Gasteiger partial charge < -0.3 is 4.74 Å². The van der Waals surface area contributed by atoms with Crippen molar-refractivity contribution in [2.24, 2.45) is 0 Å². The fourth-order valence-electron chi connectivity index (χ4n) is 1.90. The van der Waals surface area contributed by atoms with Crippen molar-refractivity contribution in [3.8, 4) is 5.75 Å². The molecule has 0 heterocycles. The summed E-state index contributed by atoms with van der Waals surface area (Å²) < 4.78 is 36.2. The SMILES string of the molecule is CC(=O)Oc1ccc2ccccc2c1CS(=O)(=O)O.[Na+]. The normalized spacial score (nSPS) is 10.9. The van der Waals surface area contributed by atoms with Gasteiger partial charge in [-0.3, -0.25) is 9.35 Å². The fourth-order valence-corrected chi connectivity index (χ4v) is 2.56. The summed E-state index contributed by atoms with van der Waals surface area (Å²) in [6.07, 6.45) is 0. The summed E-state index contributed by atoms with van der Waals surface area (Å²) in [6.45, 7) is 1.23. The standard InChI is InChI=1S/C13H12O5S.Na/c1-9(14)18-13-7-6-10-4-2-3-5-11(10)12(13)8-19(15,16)17;/h2-7H,8H2,1H3,(H,15,16,17);/q;+1. The number of hydrogen-bond donors (Lipinski definition) is 1. The molecule has 0 amide bonds. The second-order valence-electron chi connectivity index (χ2n) is 4.08. The van der Waals surface area contributed by atoms with E-state index in [4.69, 9.17) is 9.29 Å². The first-order chi connectivity index (χ1) is 8.87. The monoisotopic (exact) mass is 303 g/mol. The minimum Gasteiger partial charge on any atom is -0.426 e. The number of esters is 1. The van der Waals surface area contributed by atoms with Gasteiger partial charge in [-0.05, 0) is 16.8 Å². The van der Waals surface area contributed by atoms with Crippen molar-refractivity contribution in [3.63, 3.8) is 0 Å². The van der Waals surface area contributed by atoms with Crippen LogP contribution in [0.3, 0.4) is 0 Å². The molecule has 7 heteroatoms. The second-order valence-corrected chi connectivity index (χ2v) is 5.54. The Kier molecular flexibility index (Phi) is 5.73. The van der Waals surface area contributed by atoms with Gasteiger partial charge in [-0.1, -0.05) is 30.3 Å². The molecule has 0 bridgehead atoms. The van der Waals surface area contributed by atoms with Crippen LogP contribution in [-0.4, -0.2) is 18.9 Å².